The molecule has 2 rings (SSSR count). The topological polar surface area (TPSA) is 113 Å². The Kier molecular flexibility index (Phi) is 2.71. The monoisotopic (exact) mass is 224 g/mol. The zero-order chi connectivity index (χ0) is 11.7. The molecule has 1 saturated heterocycles. The van der Waals surface area contributed by atoms with Crippen LogP contribution >= 0.6 is 0 Å². The fraction of sp³-hybridized carbons (Fsp3) is 0.444. The molecule has 4 N–H and O–H groups in total. The lowest BCUT2D eigenvalue weighted by Crippen LogP contribution is -2.30. The lowest BCUT2D eigenvalue weighted by atomic mass is 10.3. The fourth-order valence-corrected chi connectivity index (χ4v) is 1.55. The number of carbonyl (C=O) groups is 1. The Labute approximate surface area is 91.5 Å². The van der Waals surface area contributed by atoms with Crippen LogP contribution in [0, 0.1) is 0 Å². The molecular formula is C9H12N4O3. The van der Waals surface area contributed by atoms with Gasteiger partial charge in [0.1, 0.15) is 5.82 Å². The van der Waals surface area contributed by atoms with Crippen LogP contribution in [0.4, 0.5) is 5.82 Å². The molecule has 1 fully saturated rings. The largest absolute Gasteiger partial charge is 0.388 e. The molecule has 0 aromatic carbocycles. The van der Waals surface area contributed by atoms with E-state index in [9.17, 15) is 15.0 Å². The van der Waals surface area contributed by atoms with Gasteiger partial charge in [-0.3, -0.25) is 4.79 Å². The summed E-state index contributed by atoms with van der Waals surface area (Å²) in [7, 11) is 0. The molecule has 2 atom stereocenters. The summed E-state index contributed by atoms with van der Waals surface area (Å²) in [5.41, 5.74) is 5.49. The van der Waals surface area contributed by atoms with Gasteiger partial charge in [-0.25, -0.2) is 0 Å². The number of hydrogen-bond donors (Lipinski definition) is 3. The molecule has 2 unspecified atom stereocenters. The molecule has 0 radical (unpaired) electrons. The maximum absolute atomic E-state index is 11.8. The molecule has 1 amide bonds. The Morgan fingerprint density at radius 3 is 2.44 bits per heavy atom. The van der Waals surface area contributed by atoms with Crippen LogP contribution in [0.25, 0.3) is 0 Å². The minimum Gasteiger partial charge on any atom is -0.388 e. The second-order valence-corrected chi connectivity index (χ2v) is 3.69. The van der Waals surface area contributed by atoms with Gasteiger partial charge in [0, 0.05) is 13.1 Å². The van der Waals surface area contributed by atoms with E-state index in [1.165, 1.54) is 17.0 Å². The number of rotatable bonds is 1. The van der Waals surface area contributed by atoms with Gasteiger partial charge >= 0.3 is 0 Å². The van der Waals surface area contributed by atoms with Crippen molar-refractivity contribution in [3.05, 3.63) is 17.8 Å². The number of likely N-dealkylation sites (tertiary alicyclic amines) is 1. The molecule has 86 valence electrons. The van der Waals surface area contributed by atoms with Crippen molar-refractivity contribution in [1.82, 2.24) is 15.1 Å². The van der Waals surface area contributed by atoms with E-state index in [1.807, 2.05) is 0 Å². The van der Waals surface area contributed by atoms with Crippen molar-refractivity contribution < 1.29 is 15.0 Å². The van der Waals surface area contributed by atoms with Gasteiger partial charge in [-0.1, -0.05) is 0 Å². The standard InChI is InChI=1S/C9H12N4O3/c10-8-2-1-5(11-12-8)9(16)13-3-6(14)7(15)4-13/h1-2,6-7,14-15H,3-4H2,(H2,10,12). The molecule has 7 nitrogen and oxygen atoms in total. The minimum absolute atomic E-state index is 0.103. The molecule has 16 heavy (non-hydrogen) atoms. The highest BCUT2D eigenvalue weighted by molar-refractivity contribution is 5.92. The van der Waals surface area contributed by atoms with E-state index < -0.39 is 12.2 Å². The first-order valence-electron chi connectivity index (χ1n) is 4.82. The number of nitrogen functional groups attached to an aromatic ring is 1. The first-order valence-corrected chi connectivity index (χ1v) is 4.82. The van der Waals surface area contributed by atoms with Gasteiger partial charge in [0.05, 0.1) is 12.2 Å². The van der Waals surface area contributed by atoms with Crippen molar-refractivity contribution in [3.63, 3.8) is 0 Å². The number of aromatic nitrogens is 2. The van der Waals surface area contributed by atoms with Crippen molar-refractivity contribution in [1.29, 1.82) is 0 Å². The van der Waals surface area contributed by atoms with Crippen LogP contribution in [0.5, 0.6) is 0 Å². The predicted octanol–water partition coefficient (Wildman–Crippen LogP) is -1.76. The van der Waals surface area contributed by atoms with Gasteiger partial charge in [-0.2, -0.15) is 0 Å². The van der Waals surface area contributed by atoms with Gasteiger partial charge < -0.3 is 20.8 Å². The van der Waals surface area contributed by atoms with Crippen LogP contribution in [0.15, 0.2) is 12.1 Å². The summed E-state index contributed by atoms with van der Waals surface area (Å²) < 4.78 is 0. The van der Waals surface area contributed by atoms with E-state index in [0.29, 0.717) is 0 Å². The maximum atomic E-state index is 11.8. The molecule has 1 aliphatic rings. The Morgan fingerprint density at radius 1 is 1.31 bits per heavy atom. The van der Waals surface area contributed by atoms with E-state index in [2.05, 4.69) is 10.2 Å². The Morgan fingerprint density at radius 2 is 1.94 bits per heavy atom. The summed E-state index contributed by atoms with van der Waals surface area (Å²) in [5, 5.41) is 25.8. The van der Waals surface area contributed by atoms with Crippen molar-refractivity contribution in [2.75, 3.05) is 18.8 Å². The zero-order valence-corrected chi connectivity index (χ0v) is 8.45. The van der Waals surface area contributed by atoms with Crippen molar-refractivity contribution in [3.8, 4) is 0 Å². The highest BCUT2D eigenvalue weighted by atomic mass is 16.3. The number of amides is 1. The second-order valence-electron chi connectivity index (χ2n) is 3.69. The van der Waals surface area contributed by atoms with Gasteiger partial charge in [0.15, 0.2) is 5.69 Å². The zero-order valence-electron chi connectivity index (χ0n) is 8.45. The molecule has 7 heteroatoms. The number of carbonyl (C=O) groups excluding carboxylic acids is 1. The molecule has 0 aliphatic carbocycles. The number of nitrogens with zero attached hydrogens (tertiary/aromatic N) is 3. The Hall–Kier alpha value is -1.73. The third kappa shape index (κ3) is 1.95. The SMILES string of the molecule is Nc1ccc(C(=O)N2CC(O)C(O)C2)nn1. The number of anilines is 1. The third-order valence-corrected chi connectivity index (χ3v) is 2.45. The molecule has 0 spiro atoms. The van der Waals surface area contributed by atoms with Gasteiger partial charge in [0.25, 0.3) is 5.91 Å². The molecule has 0 saturated carbocycles. The summed E-state index contributed by atoms with van der Waals surface area (Å²) in [5.74, 6) is -0.138. The lowest BCUT2D eigenvalue weighted by molar-refractivity contribution is 0.0572. The summed E-state index contributed by atoms with van der Waals surface area (Å²) in [6.45, 7) is 0.206. The van der Waals surface area contributed by atoms with Gasteiger partial charge in [-0.05, 0) is 12.1 Å². The van der Waals surface area contributed by atoms with Crippen molar-refractivity contribution in [2.24, 2.45) is 0 Å². The molecular weight excluding hydrogens is 212 g/mol. The highest BCUT2D eigenvalue weighted by Crippen LogP contribution is 2.13. The number of aliphatic hydroxyl groups is 2. The normalized spacial score (nSPS) is 24.8. The van der Waals surface area contributed by atoms with E-state index in [0.717, 1.165) is 0 Å². The van der Waals surface area contributed by atoms with E-state index >= 15 is 0 Å². The average molecular weight is 224 g/mol. The summed E-state index contributed by atoms with van der Waals surface area (Å²) in [4.78, 5) is 13.1. The van der Waals surface area contributed by atoms with E-state index in [-0.39, 0.29) is 30.5 Å². The quantitative estimate of drug-likeness (QED) is 0.520. The van der Waals surface area contributed by atoms with Crippen LogP contribution in [0.1, 0.15) is 10.5 Å². The van der Waals surface area contributed by atoms with E-state index in [1.54, 1.807) is 0 Å². The number of β-amino-alcohol motifs (C(OH)–C–C–N with tert-alkyl or cyclic N) is 2. The average Bonchev–Trinajstić information content (AvgIpc) is 2.59. The van der Waals surface area contributed by atoms with Gasteiger partial charge in [0.2, 0.25) is 0 Å². The number of aliphatic hydroxyl groups excluding tert-OH is 2. The maximum Gasteiger partial charge on any atom is 0.274 e. The van der Waals surface area contributed by atoms with E-state index in [4.69, 9.17) is 5.73 Å². The smallest absolute Gasteiger partial charge is 0.274 e. The van der Waals surface area contributed by atoms with Gasteiger partial charge in [-0.15, -0.1) is 10.2 Å². The number of nitrogens with two attached hydrogens (primary N) is 1. The summed E-state index contributed by atoms with van der Waals surface area (Å²) in [6, 6.07) is 2.94. The third-order valence-electron chi connectivity index (χ3n) is 2.45. The number of hydrogen-bond acceptors (Lipinski definition) is 6. The Balaban J connectivity index is 2.11. The summed E-state index contributed by atoms with van der Waals surface area (Å²) in [6.07, 6.45) is -1.80. The fourth-order valence-electron chi connectivity index (χ4n) is 1.55. The lowest BCUT2D eigenvalue weighted by Gasteiger charge is -2.13. The van der Waals surface area contributed by atoms with Crippen molar-refractivity contribution >= 4 is 11.7 Å². The second kappa shape index (κ2) is 4.03. The molecule has 1 aromatic heterocycles. The Bertz CT molecular complexity index is 384. The van der Waals surface area contributed by atoms with Crippen molar-refractivity contribution in [2.45, 2.75) is 12.2 Å². The summed E-state index contributed by atoms with van der Waals surface area (Å²) >= 11 is 0. The molecule has 1 aromatic rings. The van der Waals surface area contributed by atoms with Crippen LogP contribution < -0.4 is 5.73 Å². The van der Waals surface area contributed by atoms with Crippen LogP contribution in [0.3, 0.4) is 0 Å². The highest BCUT2D eigenvalue weighted by Gasteiger charge is 2.33. The predicted molar refractivity (Wildman–Crippen MR) is 54.4 cm³/mol. The first kappa shape index (κ1) is 10.8. The molecule has 1 aliphatic heterocycles. The van der Waals surface area contributed by atoms with Crippen LogP contribution in [0.2, 0.25) is 0 Å². The van der Waals surface area contributed by atoms with Crippen LogP contribution in [-0.4, -0.2) is 56.5 Å². The first-order chi connectivity index (χ1) is 7.58. The molecule has 0 bridgehead atoms. The van der Waals surface area contributed by atoms with Crippen LogP contribution in [-0.2, 0) is 0 Å². The minimum atomic E-state index is -0.898. The molecule has 2 heterocycles.